The van der Waals surface area contributed by atoms with E-state index in [0.717, 1.165) is 0 Å². The largest absolute Gasteiger partial charge is 0.497 e. The van der Waals surface area contributed by atoms with Crippen molar-refractivity contribution in [3.8, 4) is 5.75 Å². The maximum absolute atomic E-state index is 13.8. The molecule has 0 aliphatic carbocycles. The summed E-state index contributed by atoms with van der Waals surface area (Å²) in [7, 11) is 1.57. The number of halogens is 1. The number of carbonyl (C=O) groups is 3. The Morgan fingerprint density at radius 1 is 1.33 bits per heavy atom. The molecular weight excluding hydrogens is 512 g/mol. The van der Waals surface area contributed by atoms with E-state index in [0.29, 0.717) is 24.3 Å². The summed E-state index contributed by atoms with van der Waals surface area (Å²) in [4.78, 5) is 42.0. The predicted molar refractivity (Wildman–Crippen MR) is 128 cm³/mol. The van der Waals surface area contributed by atoms with Crippen LogP contribution < -0.4 is 10.1 Å². The molecule has 7 atom stereocenters. The highest BCUT2D eigenvalue weighted by atomic mass is 79.9. The summed E-state index contributed by atoms with van der Waals surface area (Å²) in [5.41, 5.74) is 0.583. The smallest absolute Gasteiger partial charge is 0.310 e. The number of fused-ring (bicyclic) bond motifs is 1. The van der Waals surface area contributed by atoms with Crippen LogP contribution in [0.15, 0.2) is 24.3 Å². The average Bonchev–Trinajstić information content (AvgIpc) is 3.39. The number of carbonyl (C=O) groups excluding carboxylic acids is 3. The molecule has 2 bridgehead atoms. The number of esters is 1. The van der Waals surface area contributed by atoms with E-state index in [1.54, 1.807) is 50.1 Å². The van der Waals surface area contributed by atoms with Crippen molar-refractivity contribution in [1.29, 1.82) is 0 Å². The van der Waals surface area contributed by atoms with Crippen LogP contribution in [0.25, 0.3) is 0 Å². The SMILES string of the molecule is CCOC(=O)[C@H]1[C@H]2C(=O)N([C@@H](CC)CO)C(C(=O)Nc3ccc(OC)cc3)C23CC(Br)[C@@H]1S3. The Kier molecular flexibility index (Phi) is 6.98. The molecule has 3 aliphatic rings. The second-order valence-electron chi connectivity index (χ2n) is 8.62. The number of benzene rings is 1. The van der Waals surface area contributed by atoms with Gasteiger partial charge in [-0.2, -0.15) is 0 Å². The molecule has 3 heterocycles. The summed E-state index contributed by atoms with van der Waals surface area (Å²) in [6.07, 6.45) is 1.07. The van der Waals surface area contributed by atoms with Crippen molar-refractivity contribution in [2.45, 2.75) is 53.6 Å². The highest BCUT2D eigenvalue weighted by Crippen LogP contribution is 2.68. The van der Waals surface area contributed by atoms with Crippen molar-refractivity contribution in [1.82, 2.24) is 4.90 Å². The Morgan fingerprint density at radius 3 is 2.61 bits per heavy atom. The standard InChI is InChI=1S/C23H29BrN2O6S/c1-4-13(11-27)26-19(20(28)25-12-6-8-14(31-3)9-7-12)23-10-15(24)18(33-23)16(17(23)21(26)29)22(30)32-5-2/h6-9,13,15-19,27H,4-5,10-11H2,1-3H3,(H,25,28)/t13-,15?,16-,17-,18-,19?,23?/m0/s1. The first-order chi connectivity index (χ1) is 15.8. The van der Waals surface area contributed by atoms with Crippen LogP contribution in [0.3, 0.4) is 0 Å². The Balaban J connectivity index is 1.73. The van der Waals surface area contributed by atoms with Crippen LogP contribution in [0.5, 0.6) is 5.75 Å². The summed E-state index contributed by atoms with van der Waals surface area (Å²) in [6, 6.07) is 5.65. The third-order valence-corrected chi connectivity index (χ3v) is 10.2. The number of ether oxygens (including phenoxy) is 2. The quantitative estimate of drug-likeness (QED) is 0.385. The highest BCUT2D eigenvalue weighted by Gasteiger charge is 2.76. The number of alkyl halides is 1. The number of nitrogens with zero attached hydrogens (tertiary/aromatic N) is 1. The first-order valence-corrected chi connectivity index (χ1v) is 13.0. The van der Waals surface area contributed by atoms with Crippen LogP contribution in [0.4, 0.5) is 5.69 Å². The normalized spacial score (nSPS) is 33.1. The van der Waals surface area contributed by atoms with Crippen molar-refractivity contribution < 1.29 is 29.0 Å². The summed E-state index contributed by atoms with van der Waals surface area (Å²) < 4.78 is 9.75. The molecule has 3 unspecified atom stereocenters. The van der Waals surface area contributed by atoms with Gasteiger partial charge in [0, 0.05) is 15.8 Å². The minimum absolute atomic E-state index is 0.0219. The van der Waals surface area contributed by atoms with Gasteiger partial charge >= 0.3 is 5.97 Å². The van der Waals surface area contributed by atoms with Crippen LogP contribution in [-0.2, 0) is 19.1 Å². The molecule has 0 saturated carbocycles. The van der Waals surface area contributed by atoms with Gasteiger partial charge in [-0.25, -0.2) is 0 Å². The lowest BCUT2D eigenvalue weighted by Crippen LogP contribution is -2.55. The molecule has 0 radical (unpaired) electrons. The van der Waals surface area contributed by atoms with Gasteiger partial charge in [-0.3, -0.25) is 14.4 Å². The lowest BCUT2D eigenvalue weighted by atomic mass is 9.71. The van der Waals surface area contributed by atoms with Crippen molar-refractivity contribution in [2.75, 3.05) is 25.6 Å². The molecule has 4 rings (SSSR count). The lowest BCUT2D eigenvalue weighted by Gasteiger charge is -2.37. The molecule has 2 amide bonds. The van der Waals surface area contributed by atoms with E-state index in [1.807, 2.05) is 6.92 Å². The lowest BCUT2D eigenvalue weighted by molar-refractivity contribution is -0.154. The molecule has 10 heteroatoms. The second-order valence-corrected chi connectivity index (χ2v) is 11.3. The van der Waals surface area contributed by atoms with Crippen molar-refractivity contribution in [3.05, 3.63) is 24.3 Å². The molecule has 2 N–H and O–H groups in total. The molecule has 3 saturated heterocycles. The van der Waals surface area contributed by atoms with Crippen molar-refractivity contribution >= 4 is 51.2 Å². The fourth-order valence-electron chi connectivity index (χ4n) is 5.57. The van der Waals surface area contributed by atoms with Crippen LogP contribution in [-0.4, -0.2) is 75.0 Å². The molecule has 33 heavy (non-hydrogen) atoms. The Bertz CT molecular complexity index is 926. The maximum atomic E-state index is 13.8. The minimum Gasteiger partial charge on any atom is -0.497 e. The monoisotopic (exact) mass is 540 g/mol. The minimum atomic E-state index is -0.816. The van der Waals surface area contributed by atoms with Gasteiger partial charge in [0.15, 0.2) is 0 Å². The van der Waals surface area contributed by atoms with E-state index in [2.05, 4.69) is 21.2 Å². The van der Waals surface area contributed by atoms with Gasteiger partial charge in [0.05, 0.1) is 42.9 Å². The third-order valence-electron chi connectivity index (χ3n) is 6.97. The van der Waals surface area contributed by atoms with Gasteiger partial charge in [0.2, 0.25) is 11.8 Å². The number of hydrogen-bond donors (Lipinski definition) is 2. The van der Waals surface area contributed by atoms with Crippen LogP contribution in [0.2, 0.25) is 0 Å². The van der Waals surface area contributed by atoms with Gasteiger partial charge in [-0.15, -0.1) is 11.8 Å². The molecule has 1 aromatic carbocycles. The third kappa shape index (κ3) is 3.83. The molecule has 1 aromatic rings. The first-order valence-electron chi connectivity index (χ1n) is 11.2. The number of likely N-dealkylation sites (tertiary alicyclic amines) is 1. The van der Waals surface area contributed by atoms with E-state index in [9.17, 15) is 19.5 Å². The Morgan fingerprint density at radius 2 is 2.03 bits per heavy atom. The zero-order chi connectivity index (χ0) is 23.9. The van der Waals surface area contributed by atoms with Crippen LogP contribution >= 0.6 is 27.7 Å². The summed E-state index contributed by atoms with van der Waals surface area (Å²) >= 11 is 5.25. The van der Waals surface area contributed by atoms with E-state index in [-0.39, 0.29) is 35.1 Å². The van der Waals surface area contributed by atoms with Gasteiger partial charge in [-0.05, 0) is 44.0 Å². The molecule has 0 aromatic heterocycles. The number of aliphatic hydroxyl groups is 1. The number of amides is 2. The van der Waals surface area contributed by atoms with Gasteiger partial charge in [0.1, 0.15) is 11.8 Å². The summed E-state index contributed by atoms with van der Waals surface area (Å²) in [5.74, 6) is -1.59. The van der Waals surface area contributed by atoms with E-state index in [4.69, 9.17) is 9.47 Å². The Labute approximate surface area is 205 Å². The van der Waals surface area contributed by atoms with Crippen molar-refractivity contribution in [3.63, 3.8) is 0 Å². The molecule has 3 aliphatic heterocycles. The number of methoxy groups -OCH3 is 1. The number of anilines is 1. The number of aliphatic hydroxyl groups excluding tert-OH is 1. The number of nitrogens with one attached hydrogen (secondary N) is 1. The van der Waals surface area contributed by atoms with Crippen LogP contribution in [0.1, 0.15) is 26.7 Å². The fraction of sp³-hybridized carbons (Fsp3) is 0.609. The first kappa shape index (κ1) is 24.3. The van der Waals surface area contributed by atoms with Crippen molar-refractivity contribution in [2.24, 2.45) is 11.8 Å². The second kappa shape index (κ2) is 9.46. The average molecular weight is 541 g/mol. The topological polar surface area (TPSA) is 105 Å². The van der Waals surface area contributed by atoms with Crippen LogP contribution in [0, 0.1) is 11.8 Å². The summed E-state index contributed by atoms with van der Waals surface area (Å²) in [5, 5.41) is 12.8. The number of thioether (sulfide) groups is 1. The number of rotatable bonds is 8. The van der Waals surface area contributed by atoms with Gasteiger partial charge < -0.3 is 24.8 Å². The summed E-state index contributed by atoms with van der Waals surface area (Å²) in [6.45, 7) is 3.59. The molecule has 8 nitrogen and oxygen atoms in total. The van der Waals surface area contributed by atoms with E-state index < -0.39 is 34.6 Å². The van der Waals surface area contributed by atoms with Gasteiger partial charge in [0.25, 0.3) is 0 Å². The molecule has 1 spiro atoms. The van der Waals surface area contributed by atoms with E-state index in [1.165, 1.54) is 4.90 Å². The van der Waals surface area contributed by atoms with Gasteiger partial charge in [-0.1, -0.05) is 22.9 Å². The zero-order valence-electron chi connectivity index (χ0n) is 18.8. The zero-order valence-corrected chi connectivity index (χ0v) is 21.2. The molecular formula is C23H29BrN2O6S. The Hall–Kier alpha value is -1.78. The highest BCUT2D eigenvalue weighted by molar-refractivity contribution is 9.09. The van der Waals surface area contributed by atoms with E-state index >= 15 is 0 Å². The predicted octanol–water partition coefficient (Wildman–Crippen LogP) is 2.43. The maximum Gasteiger partial charge on any atom is 0.310 e. The molecule has 180 valence electrons. The fourth-order valence-corrected chi connectivity index (χ4v) is 9.15. The number of hydrogen-bond acceptors (Lipinski definition) is 7. The molecule has 3 fully saturated rings.